The topological polar surface area (TPSA) is 61.9 Å². The fourth-order valence-electron chi connectivity index (χ4n) is 4.53. The van der Waals surface area contributed by atoms with Gasteiger partial charge in [0.25, 0.3) is 0 Å². The zero-order chi connectivity index (χ0) is 19.6. The number of oxime groups is 1. The quantitative estimate of drug-likeness (QED) is 0.499. The van der Waals surface area contributed by atoms with Crippen molar-refractivity contribution in [1.29, 1.82) is 0 Å². The minimum absolute atomic E-state index is 0.770. The SMILES string of the molecule is O/N=C1/CCc2cc(-c3oc(CN4CCCCC4)cc3-c3ccncc3)ccc21. The number of hydrogen-bond acceptors (Lipinski definition) is 5. The highest BCUT2D eigenvalue weighted by molar-refractivity contribution is 6.04. The second-order valence-electron chi connectivity index (χ2n) is 7.95. The third-order valence-electron chi connectivity index (χ3n) is 6.03. The van der Waals surface area contributed by atoms with Crippen molar-refractivity contribution in [2.45, 2.75) is 38.6 Å². The molecule has 0 unspecified atom stereocenters. The average Bonchev–Trinajstić information content (AvgIpc) is 3.38. The van der Waals surface area contributed by atoms with E-state index in [2.05, 4.69) is 39.3 Å². The monoisotopic (exact) mass is 387 g/mol. The lowest BCUT2D eigenvalue weighted by Crippen LogP contribution is -2.28. The Morgan fingerprint density at radius 1 is 0.931 bits per heavy atom. The van der Waals surface area contributed by atoms with E-state index in [0.717, 1.165) is 72.0 Å². The second kappa shape index (κ2) is 7.84. The van der Waals surface area contributed by atoms with Gasteiger partial charge in [0.15, 0.2) is 0 Å². The molecular weight excluding hydrogens is 362 g/mol. The van der Waals surface area contributed by atoms with Crippen LogP contribution in [0, 0.1) is 0 Å². The highest BCUT2D eigenvalue weighted by Gasteiger charge is 2.22. The maximum absolute atomic E-state index is 9.21. The van der Waals surface area contributed by atoms with Crippen molar-refractivity contribution in [3.8, 4) is 22.5 Å². The van der Waals surface area contributed by atoms with Gasteiger partial charge in [-0.3, -0.25) is 9.88 Å². The lowest BCUT2D eigenvalue weighted by molar-refractivity contribution is 0.206. The molecule has 29 heavy (non-hydrogen) atoms. The van der Waals surface area contributed by atoms with E-state index in [9.17, 15) is 5.21 Å². The Kier molecular flexibility index (Phi) is 4.90. The lowest BCUT2D eigenvalue weighted by atomic mass is 9.99. The molecule has 3 aromatic rings. The van der Waals surface area contributed by atoms with Crippen molar-refractivity contribution in [2.24, 2.45) is 5.16 Å². The van der Waals surface area contributed by atoms with Crippen LogP contribution in [0.3, 0.4) is 0 Å². The molecule has 0 amide bonds. The fourth-order valence-corrected chi connectivity index (χ4v) is 4.53. The zero-order valence-electron chi connectivity index (χ0n) is 16.5. The first-order valence-corrected chi connectivity index (χ1v) is 10.4. The minimum Gasteiger partial charge on any atom is -0.459 e. The molecule has 5 heteroatoms. The van der Waals surface area contributed by atoms with Crippen LogP contribution in [0.4, 0.5) is 0 Å². The van der Waals surface area contributed by atoms with Crippen molar-refractivity contribution in [2.75, 3.05) is 13.1 Å². The van der Waals surface area contributed by atoms with Crippen LogP contribution in [0.1, 0.15) is 42.6 Å². The number of furan rings is 1. The number of likely N-dealkylation sites (tertiary alicyclic amines) is 1. The number of aromatic nitrogens is 1. The summed E-state index contributed by atoms with van der Waals surface area (Å²) >= 11 is 0. The Morgan fingerprint density at radius 3 is 2.55 bits per heavy atom. The summed E-state index contributed by atoms with van der Waals surface area (Å²) in [4.78, 5) is 6.64. The fraction of sp³-hybridized carbons (Fsp3) is 0.333. The van der Waals surface area contributed by atoms with E-state index in [0.29, 0.717) is 0 Å². The first kappa shape index (κ1) is 18.1. The molecule has 3 heterocycles. The largest absolute Gasteiger partial charge is 0.459 e. The standard InChI is InChI=1S/C24H25N3O2/c28-26-23-7-5-18-14-19(4-6-21(18)23)24-22(17-8-10-25-11-9-17)15-20(29-24)16-27-12-2-1-3-13-27/h4,6,8-11,14-15,28H,1-3,5,7,12-13,16H2/b26-23-. The molecule has 5 rings (SSSR count). The van der Waals surface area contributed by atoms with Gasteiger partial charge in [-0.05, 0) is 74.2 Å². The third kappa shape index (κ3) is 3.58. The summed E-state index contributed by atoms with van der Waals surface area (Å²) in [7, 11) is 0. The molecule has 2 aliphatic rings. The Bertz CT molecular complexity index is 1030. The molecule has 1 saturated heterocycles. The Hall–Kier alpha value is -2.92. The van der Waals surface area contributed by atoms with Crippen LogP contribution in [0.2, 0.25) is 0 Å². The number of piperidine rings is 1. The van der Waals surface area contributed by atoms with Gasteiger partial charge in [0.1, 0.15) is 11.5 Å². The van der Waals surface area contributed by atoms with Crippen LogP contribution in [0.15, 0.2) is 58.4 Å². The Labute approximate surface area is 170 Å². The summed E-state index contributed by atoms with van der Waals surface area (Å²) in [5.74, 6) is 1.91. The molecule has 0 saturated carbocycles. The van der Waals surface area contributed by atoms with Gasteiger partial charge in [0, 0.05) is 29.1 Å². The minimum atomic E-state index is 0.770. The number of pyridine rings is 1. The number of rotatable bonds is 4. The van der Waals surface area contributed by atoms with E-state index in [1.165, 1.54) is 24.8 Å². The predicted octanol–water partition coefficient (Wildman–Crippen LogP) is 5.12. The van der Waals surface area contributed by atoms with E-state index < -0.39 is 0 Å². The van der Waals surface area contributed by atoms with Gasteiger partial charge in [0.05, 0.1) is 12.3 Å². The smallest absolute Gasteiger partial charge is 0.142 e. The maximum Gasteiger partial charge on any atom is 0.142 e. The molecule has 0 bridgehead atoms. The van der Waals surface area contributed by atoms with E-state index in [1.54, 1.807) is 0 Å². The van der Waals surface area contributed by atoms with Gasteiger partial charge in [-0.1, -0.05) is 23.7 Å². The van der Waals surface area contributed by atoms with Crippen molar-refractivity contribution in [1.82, 2.24) is 9.88 Å². The summed E-state index contributed by atoms with van der Waals surface area (Å²) in [6.07, 6.45) is 9.19. The van der Waals surface area contributed by atoms with Gasteiger partial charge < -0.3 is 9.62 Å². The molecule has 5 nitrogen and oxygen atoms in total. The van der Waals surface area contributed by atoms with Crippen LogP contribution < -0.4 is 0 Å². The molecule has 2 aromatic heterocycles. The molecule has 1 aromatic carbocycles. The summed E-state index contributed by atoms with van der Waals surface area (Å²) < 4.78 is 6.43. The van der Waals surface area contributed by atoms with Crippen LogP contribution in [0.25, 0.3) is 22.5 Å². The Balaban J connectivity index is 1.54. The predicted molar refractivity (Wildman–Crippen MR) is 113 cm³/mol. The molecular formula is C24H25N3O2. The molecule has 0 radical (unpaired) electrons. The number of nitrogens with zero attached hydrogens (tertiary/aromatic N) is 3. The summed E-state index contributed by atoms with van der Waals surface area (Å²) in [6.45, 7) is 3.13. The number of aryl methyl sites for hydroxylation is 1. The first-order valence-electron chi connectivity index (χ1n) is 10.4. The van der Waals surface area contributed by atoms with E-state index >= 15 is 0 Å². The molecule has 1 fully saturated rings. The van der Waals surface area contributed by atoms with E-state index in [4.69, 9.17) is 4.42 Å². The van der Waals surface area contributed by atoms with Crippen molar-refractivity contribution in [3.63, 3.8) is 0 Å². The number of fused-ring (bicyclic) bond motifs is 1. The van der Waals surface area contributed by atoms with E-state index in [1.807, 2.05) is 24.5 Å². The van der Waals surface area contributed by atoms with E-state index in [-0.39, 0.29) is 0 Å². The summed E-state index contributed by atoms with van der Waals surface area (Å²) in [6, 6.07) is 12.6. The van der Waals surface area contributed by atoms with Crippen LogP contribution in [0.5, 0.6) is 0 Å². The first-order chi connectivity index (χ1) is 14.3. The number of benzene rings is 1. The van der Waals surface area contributed by atoms with Gasteiger partial charge in [-0.15, -0.1) is 0 Å². The second-order valence-corrected chi connectivity index (χ2v) is 7.95. The van der Waals surface area contributed by atoms with Gasteiger partial charge in [0.2, 0.25) is 0 Å². The molecule has 1 aliphatic heterocycles. The highest BCUT2D eigenvalue weighted by Crippen LogP contribution is 2.37. The number of hydrogen-bond donors (Lipinski definition) is 1. The van der Waals surface area contributed by atoms with Crippen LogP contribution in [-0.4, -0.2) is 33.9 Å². The normalized spacial score (nSPS) is 18.3. The van der Waals surface area contributed by atoms with Gasteiger partial charge in [-0.2, -0.15) is 0 Å². The Morgan fingerprint density at radius 2 is 1.76 bits per heavy atom. The zero-order valence-corrected chi connectivity index (χ0v) is 16.5. The molecule has 1 N–H and O–H groups in total. The van der Waals surface area contributed by atoms with Crippen molar-refractivity contribution >= 4 is 5.71 Å². The van der Waals surface area contributed by atoms with Gasteiger partial charge >= 0.3 is 0 Å². The van der Waals surface area contributed by atoms with Crippen LogP contribution in [-0.2, 0) is 13.0 Å². The molecule has 148 valence electrons. The van der Waals surface area contributed by atoms with Crippen molar-refractivity contribution < 1.29 is 9.62 Å². The third-order valence-corrected chi connectivity index (χ3v) is 6.03. The van der Waals surface area contributed by atoms with Crippen LogP contribution >= 0.6 is 0 Å². The summed E-state index contributed by atoms with van der Waals surface area (Å²) in [5, 5.41) is 12.7. The molecule has 1 aliphatic carbocycles. The van der Waals surface area contributed by atoms with Crippen molar-refractivity contribution in [3.05, 3.63) is 65.7 Å². The summed E-state index contributed by atoms with van der Waals surface area (Å²) in [5.41, 5.74) is 6.31. The molecule has 0 atom stereocenters. The highest BCUT2D eigenvalue weighted by atomic mass is 16.4. The maximum atomic E-state index is 9.21. The molecule has 0 spiro atoms. The average molecular weight is 387 g/mol. The van der Waals surface area contributed by atoms with Gasteiger partial charge in [-0.25, -0.2) is 0 Å². The lowest BCUT2D eigenvalue weighted by Gasteiger charge is -2.25.